The lowest BCUT2D eigenvalue weighted by Crippen LogP contribution is -2.49. The van der Waals surface area contributed by atoms with Crippen LogP contribution in [0.3, 0.4) is 0 Å². The number of nitrogens with zero attached hydrogens (tertiary/aromatic N) is 2. The van der Waals surface area contributed by atoms with Crippen LogP contribution in [0, 0.1) is 6.92 Å². The summed E-state index contributed by atoms with van der Waals surface area (Å²) in [5.41, 5.74) is 0.779. The minimum absolute atomic E-state index is 0.140. The van der Waals surface area contributed by atoms with Gasteiger partial charge in [0.1, 0.15) is 5.82 Å². The molecular weight excluding hydrogens is 312 g/mol. The van der Waals surface area contributed by atoms with Gasteiger partial charge in [-0.15, -0.1) is 0 Å². The van der Waals surface area contributed by atoms with Crippen molar-refractivity contribution in [2.75, 3.05) is 25.0 Å². The highest BCUT2D eigenvalue weighted by atomic mass is 16.6. The number of anilines is 1. The Kier molecular flexibility index (Phi) is 6.11. The van der Waals surface area contributed by atoms with Crippen LogP contribution in [-0.2, 0) is 14.3 Å². The number of likely N-dealkylation sites (tertiary alicyclic amines) is 1. The van der Waals surface area contributed by atoms with Crippen molar-refractivity contribution in [1.29, 1.82) is 0 Å². The SMILES string of the molecule is CCOC(=O)N1CCC(NC(=O)C(=O)Nc2ncccc2C)CC1. The largest absolute Gasteiger partial charge is 0.450 e. The Morgan fingerprint density at radius 2 is 2.00 bits per heavy atom. The number of pyridine rings is 1. The van der Waals surface area contributed by atoms with Crippen molar-refractivity contribution in [3.63, 3.8) is 0 Å². The number of piperidine rings is 1. The standard InChI is InChI=1S/C16H22N4O4/c1-3-24-16(23)20-9-6-12(7-10-20)18-14(21)15(22)19-13-11(2)5-4-8-17-13/h4-5,8,12H,3,6-7,9-10H2,1-2H3,(H,18,21)(H,17,19,22). The quantitative estimate of drug-likeness (QED) is 0.805. The summed E-state index contributed by atoms with van der Waals surface area (Å²) < 4.78 is 4.94. The molecule has 0 saturated carbocycles. The van der Waals surface area contributed by atoms with E-state index in [1.807, 2.05) is 0 Å². The first kappa shape index (κ1) is 17.7. The molecule has 0 radical (unpaired) electrons. The van der Waals surface area contributed by atoms with Crippen LogP contribution >= 0.6 is 0 Å². The first-order valence-corrected chi connectivity index (χ1v) is 7.96. The van der Waals surface area contributed by atoms with Gasteiger partial charge in [0.2, 0.25) is 0 Å². The molecule has 1 aromatic heterocycles. The van der Waals surface area contributed by atoms with E-state index < -0.39 is 11.8 Å². The van der Waals surface area contributed by atoms with Gasteiger partial charge in [0, 0.05) is 25.3 Å². The van der Waals surface area contributed by atoms with Gasteiger partial charge in [-0.1, -0.05) is 6.07 Å². The number of amides is 3. The molecule has 2 rings (SSSR count). The summed E-state index contributed by atoms with van der Waals surface area (Å²) in [4.78, 5) is 41.2. The lowest BCUT2D eigenvalue weighted by atomic mass is 10.1. The molecule has 0 spiro atoms. The fourth-order valence-corrected chi connectivity index (χ4v) is 2.45. The fourth-order valence-electron chi connectivity index (χ4n) is 2.45. The lowest BCUT2D eigenvalue weighted by molar-refractivity contribution is -0.136. The highest BCUT2D eigenvalue weighted by Gasteiger charge is 2.26. The third-order valence-corrected chi connectivity index (χ3v) is 3.80. The summed E-state index contributed by atoms with van der Waals surface area (Å²) in [5, 5.41) is 5.19. The monoisotopic (exact) mass is 334 g/mol. The number of hydrogen-bond acceptors (Lipinski definition) is 5. The molecule has 2 heterocycles. The number of nitrogens with one attached hydrogen (secondary N) is 2. The van der Waals surface area contributed by atoms with Gasteiger partial charge in [-0.3, -0.25) is 9.59 Å². The predicted octanol–water partition coefficient (Wildman–Crippen LogP) is 1.07. The average molecular weight is 334 g/mol. The topological polar surface area (TPSA) is 101 Å². The van der Waals surface area contributed by atoms with Gasteiger partial charge in [-0.25, -0.2) is 9.78 Å². The summed E-state index contributed by atoms with van der Waals surface area (Å²) in [6.07, 6.45) is 2.37. The van der Waals surface area contributed by atoms with E-state index in [-0.39, 0.29) is 12.1 Å². The van der Waals surface area contributed by atoms with Crippen molar-refractivity contribution >= 4 is 23.7 Å². The lowest BCUT2D eigenvalue weighted by Gasteiger charge is -2.31. The first-order valence-electron chi connectivity index (χ1n) is 7.96. The van der Waals surface area contributed by atoms with Crippen LogP contribution in [0.1, 0.15) is 25.3 Å². The molecular formula is C16H22N4O4. The van der Waals surface area contributed by atoms with E-state index >= 15 is 0 Å². The Hall–Kier alpha value is -2.64. The van der Waals surface area contributed by atoms with Crippen LogP contribution in [0.4, 0.5) is 10.6 Å². The molecule has 0 aliphatic carbocycles. The number of aryl methyl sites for hydroxylation is 1. The number of carbonyl (C=O) groups is 3. The van der Waals surface area contributed by atoms with E-state index in [4.69, 9.17) is 4.74 Å². The number of rotatable bonds is 3. The molecule has 0 bridgehead atoms. The predicted molar refractivity (Wildman–Crippen MR) is 87.4 cm³/mol. The maximum Gasteiger partial charge on any atom is 0.409 e. The van der Waals surface area contributed by atoms with Crippen LogP contribution in [0.5, 0.6) is 0 Å². The third kappa shape index (κ3) is 4.68. The van der Waals surface area contributed by atoms with E-state index in [0.717, 1.165) is 5.56 Å². The van der Waals surface area contributed by atoms with Crippen molar-refractivity contribution in [2.24, 2.45) is 0 Å². The Balaban J connectivity index is 1.80. The average Bonchev–Trinajstić information content (AvgIpc) is 2.57. The molecule has 0 aromatic carbocycles. The van der Waals surface area contributed by atoms with Crippen molar-refractivity contribution in [1.82, 2.24) is 15.2 Å². The zero-order valence-corrected chi connectivity index (χ0v) is 13.9. The van der Waals surface area contributed by atoms with Gasteiger partial charge in [0.05, 0.1) is 6.61 Å². The van der Waals surface area contributed by atoms with Crippen molar-refractivity contribution in [3.8, 4) is 0 Å². The summed E-state index contributed by atoms with van der Waals surface area (Å²) in [7, 11) is 0. The third-order valence-electron chi connectivity index (χ3n) is 3.80. The van der Waals surface area contributed by atoms with Gasteiger partial charge < -0.3 is 20.3 Å². The molecule has 1 aliphatic heterocycles. The molecule has 2 N–H and O–H groups in total. The Labute approximate surface area is 140 Å². The molecule has 3 amide bonds. The highest BCUT2D eigenvalue weighted by molar-refractivity contribution is 6.39. The van der Waals surface area contributed by atoms with Crippen molar-refractivity contribution < 1.29 is 19.1 Å². The summed E-state index contributed by atoms with van der Waals surface area (Å²) >= 11 is 0. The maximum absolute atomic E-state index is 12.0. The van der Waals surface area contributed by atoms with Gasteiger partial charge in [0.25, 0.3) is 0 Å². The minimum atomic E-state index is -0.746. The molecule has 8 nitrogen and oxygen atoms in total. The smallest absolute Gasteiger partial charge is 0.409 e. The first-order chi connectivity index (χ1) is 11.5. The molecule has 1 aromatic rings. The Morgan fingerprint density at radius 3 is 2.62 bits per heavy atom. The van der Waals surface area contributed by atoms with Crippen LogP contribution in [0.25, 0.3) is 0 Å². The maximum atomic E-state index is 12.0. The summed E-state index contributed by atoms with van der Waals surface area (Å²) in [6, 6.07) is 3.41. The second-order valence-corrected chi connectivity index (χ2v) is 5.56. The Bertz CT molecular complexity index is 612. The van der Waals surface area contributed by atoms with E-state index in [9.17, 15) is 14.4 Å². The fraction of sp³-hybridized carbons (Fsp3) is 0.500. The minimum Gasteiger partial charge on any atom is -0.450 e. The van der Waals surface area contributed by atoms with Gasteiger partial charge in [0.15, 0.2) is 0 Å². The molecule has 0 unspecified atom stereocenters. The number of carbonyl (C=O) groups excluding carboxylic acids is 3. The number of hydrogen-bond donors (Lipinski definition) is 2. The second kappa shape index (κ2) is 8.28. The van der Waals surface area contributed by atoms with Crippen molar-refractivity contribution in [3.05, 3.63) is 23.9 Å². The van der Waals surface area contributed by atoms with Crippen LogP contribution in [0.2, 0.25) is 0 Å². The zero-order chi connectivity index (χ0) is 17.5. The van der Waals surface area contributed by atoms with Crippen LogP contribution < -0.4 is 10.6 Å². The summed E-state index contributed by atoms with van der Waals surface area (Å²) in [6.45, 7) is 4.87. The number of ether oxygens (including phenoxy) is 1. The normalized spacial score (nSPS) is 14.8. The molecule has 1 fully saturated rings. The molecule has 0 atom stereocenters. The van der Waals surface area contributed by atoms with Crippen molar-refractivity contribution in [2.45, 2.75) is 32.7 Å². The molecule has 24 heavy (non-hydrogen) atoms. The van der Waals surface area contributed by atoms with Crippen LogP contribution in [-0.4, -0.2) is 53.5 Å². The van der Waals surface area contributed by atoms with E-state index in [1.54, 1.807) is 37.1 Å². The van der Waals surface area contributed by atoms with Gasteiger partial charge in [-0.2, -0.15) is 0 Å². The number of aromatic nitrogens is 1. The highest BCUT2D eigenvalue weighted by Crippen LogP contribution is 2.12. The van der Waals surface area contributed by atoms with E-state index in [0.29, 0.717) is 38.4 Å². The second-order valence-electron chi connectivity index (χ2n) is 5.56. The molecule has 1 saturated heterocycles. The molecule has 8 heteroatoms. The Morgan fingerprint density at radius 1 is 1.29 bits per heavy atom. The molecule has 1 aliphatic rings. The van der Waals surface area contributed by atoms with E-state index in [2.05, 4.69) is 15.6 Å². The van der Waals surface area contributed by atoms with E-state index in [1.165, 1.54) is 0 Å². The molecule has 130 valence electrons. The van der Waals surface area contributed by atoms with Gasteiger partial charge in [-0.05, 0) is 38.3 Å². The van der Waals surface area contributed by atoms with Gasteiger partial charge >= 0.3 is 17.9 Å². The summed E-state index contributed by atoms with van der Waals surface area (Å²) in [5.74, 6) is -1.07. The zero-order valence-electron chi connectivity index (χ0n) is 13.9. The van der Waals surface area contributed by atoms with Crippen LogP contribution in [0.15, 0.2) is 18.3 Å².